The Hall–Kier alpha value is -2.09. The van der Waals surface area contributed by atoms with Gasteiger partial charge in [0.2, 0.25) is 11.8 Å². The van der Waals surface area contributed by atoms with Crippen LogP contribution in [0.1, 0.15) is 20.3 Å². The third-order valence-electron chi connectivity index (χ3n) is 2.92. The van der Waals surface area contributed by atoms with Gasteiger partial charge in [0.05, 0.1) is 18.0 Å². The molecule has 0 aliphatic carbocycles. The van der Waals surface area contributed by atoms with E-state index in [4.69, 9.17) is 4.74 Å². The average Bonchev–Trinajstić information content (AvgIpc) is 2.44. The standard InChI is InChI=1S/C15H22N2O5S/c1-4-22-14-8-6-5-7-12(14)17-15(19)13(16-11(2)18)9-10-23(3,20)21/h5-8,13H,4,9-10H2,1-3H3,(H,16,18)(H,17,19)/t13-/m0/s1. The zero-order valence-electron chi connectivity index (χ0n) is 13.5. The quantitative estimate of drug-likeness (QED) is 0.733. The number of benzene rings is 1. The minimum absolute atomic E-state index is 0.00104. The number of para-hydroxylation sites is 2. The molecule has 0 spiro atoms. The van der Waals surface area contributed by atoms with E-state index in [0.717, 1.165) is 6.26 Å². The van der Waals surface area contributed by atoms with Crippen LogP contribution in [0.4, 0.5) is 5.69 Å². The predicted molar refractivity (Wildman–Crippen MR) is 88.2 cm³/mol. The molecule has 8 heteroatoms. The fourth-order valence-electron chi connectivity index (χ4n) is 1.92. The topological polar surface area (TPSA) is 102 Å². The highest BCUT2D eigenvalue weighted by Crippen LogP contribution is 2.23. The molecule has 0 saturated carbocycles. The summed E-state index contributed by atoms with van der Waals surface area (Å²) in [4.78, 5) is 23.6. The van der Waals surface area contributed by atoms with Crippen LogP contribution in [-0.4, -0.2) is 44.9 Å². The van der Waals surface area contributed by atoms with E-state index >= 15 is 0 Å². The lowest BCUT2D eigenvalue weighted by molar-refractivity contribution is -0.125. The summed E-state index contributed by atoms with van der Waals surface area (Å²) in [5.41, 5.74) is 0.467. The Labute approximate surface area is 136 Å². The molecule has 0 heterocycles. The van der Waals surface area contributed by atoms with E-state index in [-0.39, 0.29) is 12.2 Å². The maximum Gasteiger partial charge on any atom is 0.247 e. The first kappa shape index (κ1) is 19.0. The normalized spacial score (nSPS) is 12.3. The Morgan fingerprint density at radius 1 is 1.26 bits per heavy atom. The summed E-state index contributed by atoms with van der Waals surface area (Å²) < 4.78 is 28.0. The van der Waals surface area contributed by atoms with Crippen molar-refractivity contribution in [2.45, 2.75) is 26.3 Å². The number of sulfone groups is 1. The van der Waals surface area contributed by atoms with Gasteiger partial charge in [-0.2, -0.15) is 0 Å². The van der Waals surface area contributed by atoms with Crippen LogP contribution in [0.5, 0.6) is 5.75 Å². The summed E-state index contributed by atoms with van der Waals surface area (Å²) in [5.74, 6) is -0.584. The minimum atomic E-state index is -3.23. The van der Waals surface area contributed by atoms with Crippen LogP contribution in [-0.2, 0) is 19.4 Å². The van der Waals surface area contributed by atoms with Crippen LogP contribution >= 0.6 is 0 Å². The Balaban J connectivity index is 2.86. The second kappa shape index (κ2) is 8.52. The van der Waals surface area contributed by atoms with E-state index in [1.165, 1.54) is 6.92 Å². The lowest BCUT2D eigenvalue weighted by atomic mass is 10.2. The largest absolute Gasteiger partial charge is 0.492 e. The minimum Gasteiger partial charge on any atom is -0.492 e. The number of rotatable bonds is 8. The molecule has 0 bridgehead atoms. The Bertz CT molecular complexity index is 658. The van der Waals surface area contributed by atoms with E-state index in [0.29, 0.717) is 18.0 Å². The van der Waals surface area contributed by atoms with Crippen LogP contribution in [0, 0.1) is 0 Å². The van der Waals surface area contributed by atoms with Crippen molar-refractivity contribution < 1.29 is 22.7 Å². The monoisotopic (exact) mass is 342 g/mol. The number of amides is 2. The highest BCUT2D eigenvalue weighted by atomic mass is 32.2. The van der Waals surface area contributed by atoms with Crippen molar-refractivity contribution in [3.8, 4) is 5.75 Å². The number of ether oxygens (including phenoxy) is 1. The molecular formula is C15H22N2O5S. The SMILES string of the molecule is CCOc1ccccc1NC(=O)[C@H](CCS(C)(=O)=O)NC(C)=O. The molecule has 0 unspecified atom stereocenters. The number of hydrogen-bond donors (Lipinski definition) is 2. The smallest absolute Gasteiger partial charge is 0.247 e. The lowest BCUT2D eigenvalue weighted by Gasteiger charge is -2.18. The molecule has 0 fully saturated rings. The van der Waals surface area contributed by atoms with E-state index in [2.05, 4.69) is 10.6 Å². The van der Waals surface area contributed by atoms with Gasteiger partial charge in [0.15, 0.2) is 0 Å². The Kier molecular flexibility index (Phi) is 7.02. The summed E-state index contributed by atoms with van der Waals surface area (Å²) in [6.45, 7) is 3.54. The highest BCUT2D eigenvalue weighted by Gasteiger charge is 2.22. The van der Waals surface area contributed by atoms with Gasteiger partial charge in [0.1, 0.15) is 21.6 Å². The second-order valence-corrected chi connectivity index (χ2v) is 7.35. The second-order valence-electron chi connectivity index (χ2n) is 5.09. The van der Waals surface area contributed by atoms with Crippen molar-refractivity contribution in [2.24, 2.45) is 0 Å². The fourth-order valence-corrected chi connectivity index (χ4v) is 2.58. The number of anilines is 1. The third kappa shape index (κ3) is 7.14. The van der Waals surface area contributed by atoms with E-state index < -0.39 is 27.7 Å². The molecule has 1 atom stereocenters. The van der Waals surface area contributed by atoms with Crippen molar-refractivity contribution >= 4 is 27.3 Å². The highest BCUT2D eigenvalue weighted by molar-refractivity contribution is 7.90. The average molecular weight is 342 g/mol. The number of nitrogens with one attached hydrogen (secondary N) is 2. The molecule has 2 amide bonds. The third-order valence-corrected chi connectivity index (χ3v) is 3.89. The first-order chi connectivity index (χ1) is 10.7. The van der Waals surface area contributed by atoms with Gasteiger partial charge < -0.3 is 15.4 Å². The van der Waals surface area contributed by atoms with Gasteiger partial charge in [-0.1, -0.05) is 12.1 Å². The van der Waals surface area contributed by atoms with Crippen molar-refractivity contribution in [1.29, 1.82) is 0 Å². The van der Waals surface area contributed by atoms with Gasteiger partial charge in [-0.3, -0.25) is 9.59 Å². The molecule has 0 saturated heterocycles. The molecule has 0 aliphatic rings. The molecule has 1 rings (SSSR count). The van der Waals surface area contributed by atoms with Gasteiger partial charge in [-0.25, -0.2) is 8.42 Å². The maximum absolute atomic E-state index is 12.3. The molecule has 0 aromatic heterocycles. The van der Waals surface area contributed by atoms with Crippen molar-refractivity contribution in [3.63, 3.8) is 0 Å². The van der Waals surface area contributed by atoms with Crippen LogP contribution in [0.15, 0.2) is 24.3 Å². The summed E-state index contributed by atoms with van der Waals surface area (Å²) in [5, 5.41) is 5.13. The van der Waals surface area contributed by atoms with Gasteiger partial charge in [-0.15, -0.1) is 0 Å². The lowest BCUT2D eigenvalue weighted by Crippen LogP contribution is -2.44. The fraction of sp³-hybridized carbons (Fsp3) is 0.467. The molecule has 7 nitrogen and oxygen atoms in total. The van der Waals surface area contributed by atoms with Crippen LogP contribution < -0.4 is 15.4 Å². The molecule has 1 aromatic carbocycles. The van der Waals surface area contributed by atoms with Gasteiger partial charge in [0.25, 0.3) is 0 Å². The van der Waals surface area contributed by atoms with Crippen LogP contribution in [0.3, 0.4) is 0 Å². The summed E-state index contributed by atoms with van der Waals surface area (Å²) in [6, 6.07) is 5.96. The predicted octanol–water partition coefficient (Wildman–Crippen LogP) is 0.963. The molecule has 1 aromatic rings. The van der Waals surface area contributed by atoms with Gasteiger partial charge in [-0.05, 0) is 25.5 Å². The maximum atomic E-state index is 12.3. The van der Waals surface area contributed by atoms with Crippen molar-refractivity contribution in [3.05, 3.63) is 24.3 Å². The zero-order chi connectivity index (χ0) is 17.5. The molecular weight excluding hydrogens is 320 g/mol. The van der Waals surface area contributed by atoms with Crippen LogP contribution in [0.2, 0.25) is 0 Å². The number of carbonyl (C=O) groups is 2. The number of carbonyl (C=O) groups excluding carboxylic acids is 2. The Morgan fingerprint density at radius 2 is 1.91 bits per heavy atom. The van der Waals surface area contributed by atoms with E-state index in [9.17, 15) is 18.0 Å². The Morgan fingerprint density at radius 3 is 2.48 bits per heavy atom. The molecule has 0 radical (unpaired) electrons. The molecule has 128 valence electrons. The summed E-state index contributed by atoms with van der Waals surface area (Å²) in [6.07, 6.45) is 1.08. The van der Waals surface area contributed by atoms with Gasteiger partial charge >= 0.3 is 0 Å². The molecule has 0 aliphatic heterocycles. The molecule has 2 N–H and O–H groups in total. The number of hydrogen-bond acceptors (Lipinski definition) is 5. The van der Waals surface area contributed by atoms with E-state index in [1.54, 1.807) is 24.3 Å². The van der Waals surface area contributed by atoms with Crippen molar-refractivity contribution in [2.75, 3.05) is 23.9 Å². The summed E-state index contributed by atoms with van der Waals surface area (Å²) >= 11 is 0. The molecule has 23 heavy (non-hydrogen) atoms. The summed E-state index contributed by atoms with van der Waals surface area (Å²) in [7, 11) is -3.23. The zero-order valence-corrected chi connectivity index (χ0v) is 14.3. The first-order valence-corrected chi connectivity index (χ1v) is 9.26. The van der Waals surface area contributed by atoms with E-state index in [1.807, 2.05) is 6.92 Å². The van der Waals surface area contributed by atoms with Crippen LogP contribution in [0.25, 0.3) is 0 Å². The first-order valence-electron chi connectivity index (χ1n) is 7.20. The van der Waals surface area contributed by atoms with Gasteiger partial charge in [0, 0.05) is 13.2 Å². The van der Waals surface area contributed by atoms with Crippen molar-refractivity contribution in [1.82, 2.24) is 5.32 Å².